The van der Waals surface area contributed by atoms with Crippen LogP contribution in [0.2, 0.25) is 5.02 Å². The lowest BCUT2D eigenvalue weighted by Gasteiger charge is -2.33. The Labute approximate surface area is 126 Å². The van der Waals surface area contributed by atoms with E-state index in [0.29, 0.717) is 11.1 Å². The first-order chi connectivity index (χ1) is 9.54. The van der Waals surface area contributed by atoms with Gasteiger partial charge in [-0.05, 0) is 49.5 Å². The predicted octanol–water partition coefficient (Wildman–Crippen LogP) is 3.26. The second-order valence-electron chi connectivity index (χ2n) is 6.09. The first kappa shape index (κ1) is 15.6. The van der Waals surface area contributed by atoms with E-state index >= 15 is 0 Å². The molecule has 0 radical (unpaired) electrons. The van der Waals surface area contributed by atoms with Crippen molar-refractivity contribution < 1.29 is 5.11 Å². The van der Waals surface area contributed by atoms with Crippen LogP contribution in [0.15, 0.2) is 18.2 Å². The van der Waals surface area contributed by atoms with E-state index < -0.39 is 0 Å². The van der Waals surface area contributed by atoms with Crippen molar-refractivity contribution >= 4 is 11.6 Å². The first-order valence-corrected chi connectivity index (χ1v) is 7.85. The van der Waals surface area contributed by atoms with E-state index in [1.807, 2.05) is 12.1 Å². The number of likely N-dealkylation sites (tertiary alicyclic amines) is 1. The molecule has 0 amide bonds. The zero-order valence-electron chi connectivity index (χ0n) is 12.4. The van der Waals surface area contributed by atoms with Gasteiger partial charge < -0.3 is 10.4 Å². The van der Waals surface area contributed by atoms with Gasteiger partial charge in [0.15, 0.2) is 0 Å². The van der Waals surface area contributed by atoms with Gasteiger partial charge in [0.1, 0.15) is 5.75 Å². The molecular weight excluding hydrogens is 272 g/mol. The summed E-state index contributed by atoms with van der Waals surface area (Å²) in [6.07, 6.45) is 2.57. The summed E-state index contributed by atoms with van der Waals surface area (Å²) in [5.74, 6) is 0.895. The number of nitrogens with one attached hydrogen (secondary N) is 1. The minimum Gasteiger partial charge on any atom is -0.506 e. The Hall–Kier alpha value is -0.770. The Morgan fingerprint density at radius 3 is 2.95 bits per heavy atom. The molecule has 0 spiro atoms. The Kier molecular flexibility index (Phi) is 5.70. The molecule has 0 aromatic heterocycles. The number of nitrogens with zero attached hydrogens (tertiary/aromatic N) is 1. The summed E-state index contributed by atoms with van der Waals surface area (Å²) < 4.78 is 0. The standard InChI is InChI=1S/C16H25ClN2O/c1-12(2)18-9-14-4-3-7-19(11-14)10-13-5-6-16(20)15(17)8-13/h5-6,8,12,14,18,20H,3-4,7,9-11H2,1-2H3. The van der Waals surface area contributed by atoms with Crippen LogP contribution in [0.3, 0.4) is 0 Å². The lowest BCUT2D eigenvalue weighted by Crippen LogP contribution is -2.40. The van der Waals surface area contributed by atoms with Gasteiger partial charge in [-0.1, -0.05) is 31.5 Å². The number of rotatable bonds is 5. The average molecular weight is 297 g/mol. The van der Waals surface area contributed by atoms with Gasteiger partial charge >= 0.3 is 0 Å². The molecule has 1 fully saturated rings. The molecule has 1 aromatic carbocycles. The molecule has 2 N–H and O–H groups in total. The molecule has 112 valence electrons. The molecule has 1 heterocycles. The molecule has 1 aliphatic heterocycles. The highest BCUT2D eigenvalue weighted by Crippen LogP contribution is 2.25. The molecule has 0 aliphatic carbocycles. The molecule has 1 aliphatic rings. The molecule has 20 heavy (non-hydrogen) atoms. The smallest absolute Gasteiger partial charge is 0.134 e. The number of hydrogen-bond acceptors (Lipinski definition) is 3. The van der Waals surface area contributed by atoms with Crippen LogP contribution in [0.5, 0.6) is 5.75 Å². The van der Waals surface area contributed by atoms with Crippen molar-refractivity contribution in [1.29, 1.82) is 0 Å². The van der Waals surface area contributed by atoms with Crippen molar-refractivity contribution in [3.8, 4) is 5.75 Å². The summed E-state index contributed by atoms with van der Waals surface area (Å²) >= 11 is 5.97. The van der Waals surface area contributed by atoms with Crippen molar-refractivity contribution in [3.63, 3.8) is 0 Å². The fraction of sp³-hybridized carbons (Fsp3) is 0.625. The third-order valence-electron chi connectivity index (χ3n) is 3.84. The first-order valence-electron chi connectivity index (χ1n) is 7.47. The zero-order valence-corrected chi connectivity index (χ0v) is 13.2. The Morgan fingerprint density at radius 2 is 2.25 bits per heavy atom. The minimum absolute atomic E-state index is 0.160. The van der Waals surface area contributed by atoms with E-state index in [2.05, 4.69) is 24.1 Å². The monoisotopic (exact) mass is 296 g/mol. The highest BCUT2D eigenvalue weighted by atomic mass is 35.5. The highest BCUT2D eigenvalue weighted by Gasteiger charge is 2.20. The summed E-state index contributed by atoms with van der Waals surface area (Å²) in [6.45, 7) is 8.69. The fourth-order valence-corrected chi connectivity index (χ4v) is 2.97. The van der Waals surface area contributed by atoms with Gasteiger partial charge in [0.2, 0.25) is 0 Å². The highest BCUT2D eigenvalue weighted by molar-refractivity contribution is 6.32. The largest absolute Gasteiger partial charge is 0.506 e. The molecular formula is C16H25ClN2O. The summed E-state index contributed by atoms with van der Waals surface area (Å²) in [6, 6.07) is 6.06. The van der Waals surface area contributed by atoms with E-state index in [-0.39, 0.29) is 5.75 Å². The lowest BCUT2D eigenvalue weighted by atomic mass is 9.97. The summed E-state index contributed by atoms with van der Waals surface area (Å²) in [4.78, 5) is 2.49. The van der Waals surface area contributed by atoms with Gasteiger partial charge in [-0.3, -0.25) is 4.90 Å². The minimum atomic E-state index is 0.160. The van der Waals surface area contributed by atoms with Crippen LogP contribution >= 0.6 is 11.6 Å². The number of phenolic OH excluding ortho intramolecular Hbond substituents is 1. The second-order valence-corrected chi connectivity index (χ2v) is 6.50. The van der Waals surface area contributed by atoms with Crippen molar-refractivity contribution in [3.05, 3.63) is 28.8 Å². The van der Waals surface area contributed by atoms with E-state index in [0.717, 1.165) is 32.1 Å². The molecule has 1 unspecified atom stereocenters. The van der Waals surface area contributed by atoms with Crippen LogP contribution in [-0.4, -0.2) is 35.7 Å². The Balaban J connectivity index is 1.87. The number of hydrogen-bond donors (Lipinski definition) is 2. The second kappa shape index (κ2) is 7.30. The van der Waals surface area contributed by atoms with E-state index in [4.69, 9.17) is 11.6 Å². The number of benzene rings is 1. The molecule has 0 saturated carbocycles. The Morgan fingerprint density at radius 1 is 1.45 bits per heavy atom. The normalized spacial score (nSPS) is 20.5. The summed E-state index contributed by atoms with van der Waals surface area (Å²) in [5.41, 5.74) is 1.17. The third kappa shape index (κ3) is 4.65. The average Bonchev–Trinajstić information content (AvgIpc) is 2.41. The number of phenols is 1. The maximum absolute atomic E-state index is 9.46. The van der Waals surface area contributed by atoms with Crippen LogP contribution < -0.4 is 5.32 Å². The van der Waals surface area contributed by atoms with E-state index in [1.165, 1.54) is 18.4 Å². The lowest BCUT2D eigenvalue weighted by molar-refractivity contribution is 0.164. The maximum atomic E-state index is 9.46. The molecule has 2 rings (SSSR count). The van der Waals surface area contributed by atoms with Crippen LogP contribution in [-0.2, 0) is 6.54 Å². The predicted molar refractivity (Wildman–Crippen MR) is 84.3 cm³/mol. The zero-order chi connectivity index (χ0) is 14.5. The van der Waals surface area contributed by atoms with Crippen LogP contribution in [0.4, 0.5) is 0 Å². The number of piperidine rings is 1. The summed E-state index contributed by atoms with van der Waals surface area (Å²) in [5, 5.41) is 13.4. The van der Waals surface area contributed by atoms with Gasteiger partial charge in [0.05, 0.1) is 5.02 Å². The van der Waals surface area contributed by atoms with Crippen molar-refractivity contribution in [2.24, 2.45) is 5.92 Å². The molecule has 0 bridgehead atoms. The molecule has 1 aromatic rings. The van der Waals surface area contributed by atoms with Gasteiger partial charge in [0, 0.05) is 19.1 Å². The van der Waals surface area contributed by atoms with Crippen LogP contribution in [0, 0.1) is 5.92 Å². The van der Waals surface area contributed by atoms with Gasteiger partial charge in [-0.15, -0.1) is 0 Å². The van der Waals surface area contributed by atoms with Crippen molar-refractivity contribution in [1.82, 2.24) is 10.2 Å². The third-order valence-corrected chi connectivity index (χ3v) is 4.14. The van der Waals surface area contributed by atoms with Gasteiger partial charge in [0.25, 0.3) is 0 Å². The van der Waals surface area contributed by atoms with E-state index in [9.17, 15) is 5.11 Å². The number of halogens is 1. The van der Waals surface area contributed by atoms with Gasteiger partial charge in [-0.25, -0.2) is 0 Å². The van der Waals surface area contributed by atoms with Crippen LogP contribution in [0.1, 0.15) is 32.3 Å². The SMILES string of the molecule is CC(C)NCC1CCCN(Cc2ccc(O)c(Cl)c2)C1. The number of aromatic hydroxyl groups is 1. The molecule has 1 atom stereocenters. The quantitative estimate of drug-likeness (QED) is 0.875. The van der Waals surface area contributed by atoms with E-state index in [1.54, 1.807) is 6.07 Å². The summed E-state index contributed by atoms with van der Waals surface area (Å²) in [7, 11) is 0. The Bertz CT molecular complexity index is 436. The maximum Gasteiger partial charge on any atom is 0.134 e. The molecule has 1 saturated heterocycles. The van der Waals surface area contributed by atoms with Crippen molar-refractivity contribution in [2.75, 3.05) is 19.6 Å². The van der Waals surface area contributed by atoms with Crippen molar-refractivity contribution in [2.45, 2.75) is 39.3 Å². The molecule has 4 heteroatoms. The fourth-order valence-electron chi connectivity index (χ4n) is 2.77. The molecule has 3 nitrogen and oxygen atoms in total. The van der Waals surface area contributed by atoms with Gasteiger partial charge in [-0.2, -0.15) is 0 Å². The van der Waals surface area contributed by atoms with Crippen LogP contribution in [0.25, 0.3) is 0 Å². The topological polar surface area (TPSA) is 35.5 Å².